The van der Waals surface area contributed by atoms with Gasteiger partial charge in [0.25, 0.3) is 0 Å². The molecule has 0 radical (unpaired) electrons. The predicted octanol–water partition coefficient (Wildman–Crippen LogP) is 2.51. The van der Waals surface area contributed by atoms with Crippen molar-refractivity contribution in [3.8, 4) is 5.75 Å². The van der Waals surface area contributed by atoms with Gasteiger partial charge >= 0.3 is 6.03 Å². The first-order valence-corrected chi connectivity index (χ1v) is 8.30. The molecule has 23 heavy (non-hydrogen) atoms. The maximum Gasteiger partial charge on any atom is 0.314 e. The van der Waals surface area contributed by atoms with Gasteiger partial charge in [-0.1, -0.05) is 18.2 Å². The minimum Gasteiger partial charge on any atom is -0.497 e. The molecular weight excluding hydrogens is 312 g/mol. The number of hydrogen-bond acceptors (Lipinski definition) is 4. The second-order valence-corrected chi connectivity index (χ2v) is 6.41. The third kappa shape index (κ3) is 5.26. The van der Waals surface area contributed by atoms with Crippen LogP contribution in [0, 0.1) is 0 Å². The molecule has 0 bridgehead atoms. The van der Waals surface area contributed by atoms with Crippen LogP contribution in [0.4, 0.5) is 4.79 Å². The first kappa shape index (κ1) is 17.3. The fourth-order valence-electron chi connectivity index (χ4n) is 2.10. The highest BCUT2D eigenvalue weighted by atomic mass is 32.1. The summed E-state index contributed by atoms with van der Waals surface area (Å²) in [5, 5.41) is 17.7. The third-order valence-electron chi connectivity index (χ3n) is 3.50. The van der Waals surface area contributed by atoms with Gasteiger partial charge in [0.05, 0.1) is 13.7 Å². The van der Waals surface area contributed by atoms with Gasteiger partial charge < -0.3 is 20.5 Å². The molecule has 5 nitrogen and oxygen atoms in total. The van der Waals surface area contributed by atoms with Gasteiger partial charge in [-0.2, -0.15) is 0 Å². The van der Waals surface area contributed by atoms with Crippen molar-refractivity contribution in [2.75, 3.05) is 20.2 Å². The number of carbonyl (C=O) groups is 1. The zero-order chi connectivity index (χ0) is 16.7. The van der Waals surface area contributed by atoms with E-state index < -0.39 is 5.60 Å². The van der Waals surface area contributed by atoms with Crippen LogP contribution in [0.15, 0.2) is 41.8 Å². The maximum absolute atomic E-state index is 11.8. The molecule has 2 aromatic rings. The second-order valence-electron chi connectivity index (χ2n) is 5.46. The fourth-order valence-corrected chi connectivity index (χ4v) is 2.89. The van der Waals surface area contributed by atoms with E-state index in [4.69, 9.17) is 4.74 Å². The Bertz CT molecular complexity index is 609. The molecule has 0 aliphatic carbocycles. The van der Waals surface area contributed by atoms with E-state index in [9.17, 15) is 9.90 Å². The van der Waals surface area contributed by atoms with Crippen molar-refractivity contribution in [2.45, 2.75) is 18.9 Å². The van der Waals surface area contributed by atoms with Crippen LogP contribution in [0.5, 0.6) is 5.75 Å². The molecular formula is C17H22N2O3S. The highest BCUT2D eigenvalue weighted by Gasteiger charge is 2.24. The summed E-state index contributed by atoms with van der Waals surface area (Å²) in [4.78, 5) is 12.6. The Morgan fingerprint density at radius 1 is 1.26 bits per heavy atom. The summed E-state index contributed by atoms with van der Waals surface area (Å²) in [7, 11) is 1.63. The van der Waals surface area contributed by atoms with Crippen molar-refractivity contribution in [1.82, 2.24) is 10.6 Å². The third-order valence-corrected chi connectivity index (χ3v) is 4.63. The van der Waals surface area contributed by atoms with E-state index in [2.05, 4.69) is 10.6 Å². The van der Waals surface area contributed by atoms with E-state index in [0.717, 1.165) is 22.6 Å². The van der Waals surface area contributed by atoms with Gasteiger partial charge in [-0.3, -0.25) is 0 Å². The van der Waals surface area contributed by atoms with Gasteiger partial charge in [0.2, 0.25) is 0 Å². The zero-order valence-corrected chi connectivity index (χ0v) is 14.2. The first-order valence-electron chi connectivity index (χ1n) is 7.42. The lowest BCUT2D eigenvalue weighted by Gasteiger charge is -2.22. The number of rotatable bonds is 7. The minimum absolute atomic E-state index is 0.169. The van der Waals surface area contributed by atoms with Crippen LogP contribution < -0.4 is 15.4 Å². The van der Waals surface area contributed by atoms with Crippen molar-refractivity contribution in [3.05, 3.63) is 52.2 Å². The summed E-state index contributed by atoms with van der Waals surface area (Å²) in [5.74, 6) is 0.815. The lowest BCUT2D eigenvalue weighted by atomic mass is 10.1. The van der Waals surface area contributed by atoms with Crippen LogP contribution in [0.2, 0.25) is 0 Å². The van der Waals surface area contributed by atoms with Gasteiger partial charge in [0.1, 0.15) is 11.4 Å². The quantitative estimate of drug-likeness (QED) is 0.728. The highest BCUT2D eigenvalue weighted by molar-refractivity contribution is 7.10. The number of urea groups is 1. The molecule has 0 unspecified atom stereocenters. The average molecular weight is 334 g/mol. The standard InChI is InChI=1S/C17H22N2O3S/c1-17(21,15-4-3-11-23-15)12-19-16(20)18-10-9-13-5-7-14(22-2)8-6-13/h3-8,11,21H,9-10,12H2,1-2H3,(H2,18,19,20)/t17-/m1/s1. The van der Waals surface area contributed by atoms with E-state index >= 15 is 0 Å². The molecule has 2 rings (SSSR count). The Hall–Kier alpha value is -2.05. The van der Waals surface area contributed by atoms with Gasteiger partial charge in [-0.25, -0.2) is 4.79 Å². The number of nitrogens with one attached hydrogen (secondary N) is 2. The van der Waals surface area contributed by atoms with Gasteiger partial charge in [0.15, 0.2) is 0 Å². The molecule has 1 atom stereocenters. The Morgan fingerprint density at radius 3 is 2.61 bits per heavy atom. The van der Waals surface area contributed by atoms with Crippen molar-refractivity contribution in [1.29, 1.82) is 0 Å². The Labute approximate surface area is 140 Å². The van der Waals surface area contributed by atoms with Crippen LogP contribution in [-0.2, 0) is 12.0 Å². The Balaban J connectivity index is 1.70. The highest BCUT2D eigenvalue weighted by Crippen LogP contribution is 2.24. The molecule has 0 fully saturated rings. The van der Waals surface area contributed by atoms with E-state index in [-0.39, 0.29) is 12.6 Å². The smallest absolute Gasteiger partial charge is 0.314 e. The van der Waals surface area contributed by atoms with Gasteiger partial charge in [-0.05, 0) is 42.5 Å². The van der Waals surface area contributed by atoms with E-state index in [1.54, 1.807) is 14.0 Å². The van der Waals surface area contributed by atoms with E-state index in [0.29, 0.717) is 6.54 Å². The molecule has 0 aliphatic heterocycles. The number of methoxy groups -OCH3 is 1. The fraction of sp³-hybridized carbons (Fsp3) is 0.353. The van der Waals surface area contributed by atoms with Crippen LogP contribution in [-0.4, -0.2) is 31.3 Å². The normalized spacial score (nSPS) is 13.2. The van der Waals surface area contributed by atoms with Gasteiger partial charge in [0, 0.05) is 11.4 Å². The molecule has 1 aromatic carbocycles. The lowest BCUT2D eigenvalue weighted by molar-refractivity contribution is 0.0631. The molecule has 6 heteroatoms. The first-order chi connectivity index (χ1) is 11.0. The number of benzene rings is 1. The predicted molar refractivity (Wildman–Crippen MR) is 92.0 cm³/mol. The van der Waals surface area contributed by atoms with Crippen LogP contribution >= 0.6 is 11.3 Å². The molecule has 124 valence electrons. The molecule has 0 aliphatic rings. The SMILES string of the molecule is COc1ccc(CCNC(=O)NC[C@@](C)(O)c2cccs2)cc1. The molecule has 0 spiro atoms. The number of amides is 2. The monoisotopic (exact) mass is 334 g/mol. The average Bonchev–Trinajstić information content (AvgIpc) is 3.09. The number of ether oxygens (including phenoxy) is 1. The molecule has 1 heterocycles. The van der Waals surface area contributed by atoms with Crippen LogP contribution in [0.3, 0.4) is 0 Å². The summed E-state index contributed by atoms with van der Waals surface area (Å²) in [6, 6.07) is 11.2. The molecule has 1 aromatic heterocycles. The zero-order valence-electron chi connectivity index (χ0n) is 13.3. The number of hydrogen-bond donors (Lipinski definition) is 3. The minimum atomic E-state index is -1.05. The van der Waals surface area contributed by atoms with Crippen molar-refractivity contribution in [2.24, 2.45) is 0 Å². The summed E-state index contributed by atoms with van der Waals surface area (Å²) in [6.07, 6.45) is 0.735. The molecule has 2 amide bonds. The maximum atomic E-state index is 11.8. The number of carbonyl (C=O) groups excluding carboxylic acids is 1. The summed E-state index contributed by atoms with van der Waals surface area (Å²) in [6.45, 7) is 2.39. The topological polar surface area (TPSA) is 70.6 Å². The van der Waals surface area contributed by atoms with Crippen LogP contribution in [0.1, 0.15) is 17.4 Å². The van der Waals surface area contributed by atoms with Crippen molar-refractivity contribution < 1.29 is 14.6 Å². The number of thiophene rings is 1. The summed E-state index contributed by atoms with van der Waals surface area (Å²) in [5.41, 5.74) is 0.0679. The van der Waals surface area contributed by atoms with Crippen LogP contribution in [0.25, 0.3) is 0 Å². The Kier molecular flexibility index (Phi) is 6.01. The van der Waals surface area contributed by atoms with E-state index in [1.807, 2.05) is 41.8 Å². The van der Waals surface area contributed by atoms with Crippen molar-refractivity contribution >= 4 is 17.4 Å². The van der Waals surface area contributed by atoms with Gasteiger partial charge in [-0.15, -0.1) is 11.3 Å². The number of aliphatic hydroxyl groups is 1. The van der Waals surface area contributed by atoms with E-state index in [1.165, 1.54) is 11.3 Å². The lowest BCUT2D eigenvalue weighted by Crippen LogP contribution is -2.43. The molecule has 0 saturated carbocycles. The summed E-state index contributed by atoms with van der Waals surface area (Å²) < 4.78 is 5.10. The molecule has 0 saturated heterocycles. The summed E-state index contributed by atoms with van der Waals surface area (Å²) >= 11 is 1.47. The molecule has 3 N–H and O–H groups in total. The second kappa shape index (κ2) is 7.99. The van der Waals surface area contributed by atoms with Crippen molar-refractivity contribution in [3.63, 3.8) is 0 Å². The Morgan fingerprint density at radius 2 is 2.00 bits per heavy atom. The largest absolute Gasteiger partial charge is 0.497 e.